The number of nitrogens with two attached hydrogens (primary N) is 1. The van der Waals surface area contributed by atoms with Gasteiger partial charge in [0.05, 0.1) is 12.8 Å². The average molecular weight is 463 g/mol. The number of aryl methyl sites for hydroxylation is 1. The van der Waals surface area contributed by atoms with Gasteiger partial charge in [-0.25, -0.2) is 9.97 Å². The average Bonchev–Trinajstić information content (AvgIpc) is 3.42. The molecule has 2 aliphatic carbocycles. The number of aromatic nitrogens is 2. The molecule has 8 heteroatoms. The second-order valence-corrected chi connectivity index (χ2v) is 9.41. The first-order chi connectivity index (χ1) is 16.7. The van der Waals surface area contributed by atoms with E-state index < -0.39 is 6.17 Å². The van der Waals surface area contributed by atoms with Crippen molar-refractivity contribution in [3.8, 4) is 0 Å². The molecule has 1 aromatic heterocycles. The maximum Gasteiger partial charge on any atom is 0.227 e. The molecule has 1 aromatic carbocycles. The van der Waals surface area contributed by atoms with Gasteiger partial charge in [-0.1, -0.05) is 12.8 Å². The van der Waals surface area contributed by atoms with Crippen LogP contribution in [-0.2, 0) is 16.0 Å². The SMILES string of the molecule is COC1=C(C2CCCC2)c2nc(Nc3ccc(N4CCN(C(N)C=O)CC4)cc3)ncc2CC1. The Hall–Kier alpha value is -2.97. The summed E-state index contributed by atoms with van der Waals surface area (Å²) in [6, 6.07) is 8.36. The molecular weight excluding hydrogens is 428 g/mol. The van der Waals surface area contributed by atoms with Crippen LogP contribution in [0.1, 0.15) is 43.4 Å². The minimum Gasteiger partial charge on any atom is -0.501 e. The number of ether oxygens (including phenoxy) is 1. The van der Waals surface area contributed by atoms with Crippen molar-refractivity contribution in [2.24, 2.45) is 11.7 Å². The van der Waals surface area contributed by atoms with Gasteiger partial charge < -0.3 is 25.5 Å². The van der Waals surface area contributed by atoms with Crippen molar-refractivity contribution in [1.82, 2.24) is 14.9 Å². The van der Waals surface area contributed by atoms with Crippen molar-refractivity contribution in [2.45, 2.75) is 44.7 Å². The monoisotopic (exact) mass is 462 g/mol. The van der Waals surface area contributed by atoms with E-state index >= 15 is 0 Å². The van der Waals surface area contributed by atoms with Crippen molar-refractivity contribution in [3.05, 3.63) is 47.5 Å². The molecule has 2 fully saturated rings. The van der Waals surface area contributed by atoms with Crippen molar-refractivity contribution in [1.29, 1.82) is 0 Å². The molecule has 1 saturated carbocycles. The van der Waals surface area contributed by atoms with Gasteiger partial charge in [-0.3, -0.25) is 4.90 Å². The highest BCUT2D eigenvalue weighted by Gasteiger charge is 2.30. The zero-order chi connectivity index (χ0) is 23.5. The summed E-state index contributed by atoms with van der Waals surface area (Å²) in [5.74, 6) is 2.26. The van der Waals surface area contributed by atoms with Gasteiger partial charge in [0.1, 0.15) is 11.9 Å². The van der Waals surface area contributed by atoms with E-state index in [0.717, 1.165) is 68.1 Å². The van der Waals surface area contributed by atoms with Gasteiger partial charge >= 0.3 is 0 Å². The van der Waals surface area contributed by atoms with E-state index in [9.17, 15) is 4.79 Å². The first-order valence-electron chi connectivity index (χ1n) is 12.4. The van der Waals surface area contributed by atoms with Crippen molar-refractivity contribution < 1.29 is 9.53 Å². The normalized spacial score (nSPS) is 20.2. The van der Waals surface area contributed by atoms with Gasteiger partial charge in [-0.15, -0.1) is 0 Å². The minimum atomic E-state index is -0.505. The molecule has 5 rings (SSSR count). The number of nitrogens with zero attached hydrogens (tertiary/aromatic N) is 4. The van der Waals surface area contributed by atoms with Crippen LogP contribution < -0.4 is 16.0 Å². The van der Waals surface area contributed by atoms with Crippen LogP contribution in [0.5, 0.6) is 0 Å². The molecule has 2 heterocycles. The Balaban J connectivity index is 1.29. The zero-order valence-electron chi connectivity index (χ0n) is 19.9. The first kappa shape index (κ1) is 22.8. The van der Waals surface area contributed by atoms with Crippen LogP contribution in [0.15, 0.2) is 36.2 Å². The Bertz CT molecular complexity index is 1040. The van der Waals surface area contributed by atoms with Crippen molar-refractivity contribution >= 4 is 29.2 Å². The van der Waals surface area contributed by atoms with Crippen LogP contribution in [0, 0.1) is 5.92 Å². The molecule has 180 valence electrons. The highest BCUT2D eigenvalue weighted by molar-refractivity contribution is 5.72. The first-order valence-corrected chi connectivity index (χ1v) is 12.4. The molecular formula is C26H34N6O2. The van der Waals surface area contributed by atoms with E-state index in [2.05, 4.69) is 39.5 Å². The Labute approximate surface area is 201 Å². The van der Waals surface area contributed by atoms with Crippen molar-refractivity contribution in [2.75, 3.05) is 43.5 Å². The number of aldehydes is 1. The second-order valence-electron chi connectivity index (χ2n) is 9.41. The van der Waals surface area contributed by atoms with E-state index in [1.807, 2.05) is 11.1 Å². The lowest BCUT2D eigenvalue weighted by Crippen LogP contribution is -2.53. The molecule has 0 bridgehead atoms. The number of carbonyl (C=O) groups is 1. The van der Waals surface area contributed by atoms with Gasteiger partial charge in [-0.05, 0) is 55.0 Å². The molecule has 1 atom stereocenters. The summed E-state index contributed by atoms with van der Waals surface area (Å²) in [7, 11) is 1.79. The largest absolute Gasteiger partial charge is 0.501 e. The molecule has 1 unspecified atom stereocenters. The van der Waals surface area contributed by atoms with Crippen molar-refractivity contribution in [3.63, 3.8) is 0 Å². The van der Waals surface area contributed by atoms with Crippen LogP contribution in [-0.4, -0.2) is 60.6 Å². The Kier molecular flexibility index (Phi) is 6.78. The van der Waals surface area contributed by atoms with E-state index in [1.165, 1.54) is 36.8 Å². The lowest BCUT2D eigenvalue weighted by atomic mass is 9.85. The number of hydrogen-bond donors (Lipinski definition) is 2. The maximum absolute atomic E-state index is 10.9. The van der Waals surface area contributed by atoms with E-state index in [0.29, 0.717) is 11.9 Å². The molecule has 0 radical (unpaired) electrons. The molecule has 3 aliphatic rings. The molecule has 1 aliphatic heterocycles. The van der Waals surface area contributed by atoms with E-state index in [4.69, 9.17) is 15.5 Å². The third-order valence-corrected chi connectivity index (χ3v) is 7.42. The van der Waals surface area contributed by atoms with Gasteiger partial charge in [0.15, 0.2) is 6.29 Å². The number of nitrogens with one attached hydrogen (secondary N) is 1. The number of fused-ring (bicyclic) bond motifs is 1. The predicted octanol–water partition coefficient (Wildman–Crippen LogP) is 3.32. The molecule has 1 saturated heterocycles. The number of rotatable bonds is 7. The maximum atomic E-state index is 10.9. The number of methoxy groups -OCH3 is 1. The van der Waals surface area contributed by atoms with Gasteiger partial charge in [0.2, 0.25) is 5.95 Å². The van der Waals surface area contributed by atoms with Gasteiger partial charge in [-0.2, -0.15) is 0 Å². The summed E-state index contributed by atoms with van der Waals surface area (Å²) < 4.78 is 5.80. The number of benzene rings is 1. The van der Waals surface area contributed by atoms with E-state index in [-0.39, 0.29) is 0 Å². The van der Waals surface area contributed by atoms with Crippen LogP contribution >= 0.6 is 0 Å². The zero-order valence-corrected chi connectivity index (χ0v) is 19.9. The number of hydrogen-bond acceptors (Lipinski definition) is 8. The third-order valence-electron chi connectivity index (χ3n) is 7.42. The van der Waals surface area contributed by atoms with Crippen LogP contribution in [0.3, 0.4) is 0 Å². The fraction of sp³-hybridized carbons (Fsp3) is 0.500. The summed E-state index contributed by atoms with van der Waals surface area (Å²) >= 11 is 0. The van der Waals surface area contributed by atoms with E-state index in [1.54, 1.807) is 7.11 Å². The Morgan fingerprint density at radius 3 is 2.53 bits per heavy atom. The second kappa shape index (κ2) is 10.1. The topological polar surface area (TPSA) is 96.6 Å². The third kappa shape index (κ3) is 4.65. The Morgan fingerprint density at radius 2 is 1.85 bits per heavy atom. The number of allylic oxidation sites excluding steroid dienone is 2. The fourth-order valence-corrected chi connectivity index (χ4v) is 5.49. The lowest BCUT2D eigenvalue weighted by Gasteiger charge is -2.37. The summed E-state index contributed by atoms with van der Waals surface area (Å²) in [5, 5.41) is 3.39. The summed E-state index contributed by atoms with van der Waals surface area (Å²) in [4.78, 5) is 24.8. The molecule has 0 spiro atoms. The number of anilines is 3. The van der Waals surface area contributed by atoms with Crippen LogP contribution in [0.2, 0.25) is 0 Å². The van der Waals surface area contributed by atoms with Crippen LogP contribution in [0.25, 0.3) is 5.57 Å². The molecule has 0 amide bonds. The molecule has 8 nitrogen and oxygen atoms in total. The summed E-state index contributed by atoms with van der Waals surface area (Å²) in [6.45, 7) is 3.26. The van der Waals surface area contributed by atoms with Gasteiger partial charge in [0, 0.05) is 55.7 Å². The smallest absolute Gasteiger partial charge is 0.227 e. The molecule has 2 aromatic rings. The standard InChI is InChI=1S/C26H34N6O2/c1-34-22-11-6-19-16-28-26(30-25(19)24(22)18-4-2-3-5-18)29-20-7-9-21(10-8-20)31-12-14-32(15-13-31)23(27)17-33/h7-10,16-18,23H,2-6,11-15,27H2,1H3,(H,28,29,30). The summed E-state index contributed by atoms with van der Waals surface area (Å²) in [5.41, 5.74) is 11.5. The highest BCUT2D eigenvalue weighted by atomic mass is 16.5. The predicted molar refractivity (Wildman–Crippen MR) is 134 cm³/mol. The minimum absolute atomic E-state index is 0.505. The number of carbonyl (C=O) groups excluding carboxylic acids is 1. The molecule has 34 heavy (non-hydrogen) atoms. The quantitative estimate of drug-likeness (QED) is 0.605. The van der Waals surface area contributed by atoms with Gasteiger partial charge in [0.25, 0.3) is 0 Å². The van der Waals surface area contributed by atoms with Crippen LogP contribution in [0.4, 0.5) is 17.3 Å². The highest BCUT2D eigenvalue weighted by Crippen LogP contribution is 2.42. The number of piperazine rings is 1. The summed E-state index contributed by atoms with van der Waals surface area (Å²) in [6.07, 6.45) is 9.12. The fourth-order valence-electron chi connectivity index (χ4n) is 5.49. The Morgan fingerprint density at radius 1 is 1.12 bits per heavy atom. The lowest BCUT2D eigenvalue weighted by molar-refractivity contribution is -0.112. The molecule has 3 N–H and O–H groups in total.